The highest BCUT2D eigenvalue weighted by atomic mass is 35.5. The number of H-pyrrole nitrogens is 1. The van der Waals surface area contributed by atoms with E-state index >= 15 is 0 Å². The fourth-order valence-corrected chi connectivity index (χ4v) is 7.39. The Hall–Kier alpha value is -8.37. The summed E-state index contributed by atoms with van der Waals surface area (Å²) < 4.78 is 6.02. The number of aryl methyl sites for hydroxylation is 1. The van der Waals surface area contributed by atoms with Gasteiger partial charge in [0.1, 0.15) is 60.3 Å². The van der Waals surface area contributed by atoms with Crippen LogP contribution in [0.3, 0.4) is 0 Å². The number of halogens is 2. The van der Waals surface area contributed by atoms with E-state index in [1.54, 1.807) is 48.5 Å². The fourth-order valence-electron chi connectivity index (χ4n) is 7.13. The molecule has 0 amide bonds. The standard InChI is InChI=1S/C22H30Cl2N10.C15H14O.2C6H12O7.C5H5N5/c23-15-5-9-17(10-6-15)31-21(27)33-19(25)29-13-3-1-2-4-14-30-20(26)34-22(28)32-18-11-7-16(24)8-12-18;1-2-6-12(7-3-1)15-11-10-13-8-4-5-9-14(13)16-15;2*7-1-2(8)3(9)4(10)5(11)6(12)13;6-4-3-5(9-1-7-3)10-2-8-4/h5-12H,1-4,13-14H2,(H5,25,27,29,31,33)(H5,26,28,30,32,34);1-9,15H,10-11H2;2*2-5,7-11H,1H2,(H,12,13);1-2H,(H3,6,7,8,9,10)/t;;2*2-,3-,4+,5-;/m..11./s1. The van der Waals surface area contributed by atoms with Crippen molar-refractivity contribution >= 4 is 87.3 Å². The molecule has 2 aromatic heterocycles. The van der Waals surface area contributed by atoms with E-state index in [9.17, 15) is 9.59 Å². The molecule has 0 saturated heterocycles. The van der Waals surface area contributed by atoms with Crippen molar-refractivity contribution in [2.24, 2.45) is 0 Å². The first kappa shape index (κ1) is 71.9. The zero-order valence-corrected chi connectivity index (χ0v) is 47.5. The number of nitrogens with two attached hydrogens (primary N) is 1. The molecule has 86 heavy (non-hydrogen) atoms. The molecule has 4 aromatic carbocycles. The van der Waals surface area contributed by atoms with Gasteiger partial charge in [0.15, 0.2) is 47.5 Å². The van der Waals surface area contributed by atoms with Gasteiger partial charge in [0.25, 0.3) is 0 Å². The number of benzene rings is 4. The van der Waals surface area contributed by atoms with Crippen LogP contribution in [0.25, 0.3) is 11.2 Å². The molecule has 1 aliphatic heterocycles. The van der Waals surface area contributed by atoms with Gasteiger partial charge in [0, 0.05) is 34.5 Å². The molecular formula is C54H73Cl2N15O15. The molecule has 0 bridgehead atoms. The number of nitrogens with zero attached hydrogens (tertiary/aromatic N) is 3. The van der Waals surface area contributed by atoms with E-state index in [4.69, 9.17) is 117 Å². The van der Waals surface area contributed by atoms with Gasteiger partial charge < -0.3 is 98.0 Å². The first-order chi connectivity index (χ1) is 40.9. The Labute approximate surface area is 502 Å². The zero-order valence-electron chi connectivity index (χ0n) is 46.0. The molecule has 6 aromatic rings. The summed E-state index contributed by atoms with van der Waals surface area (Å²) in [4.78, 5) is 34.6. The van der Waals surface area contributed by atoms with Crippen LogP contribution in [-0.4, -0.2) is 192 Å². The van der Waals surface area contributed by atoms with E-state index in [0.29, 0.717) is 51.5 Å². The van der Waals surface area contributed by atoms with Crippen molar-refractivity contribution in [1.82, 2.24) is 41.2 Å². The molecule has 0 spiro atoms. The van der Waals surface area contributed by atoms with E-state index in [1.807, 2.05) is 12.1 Å². The Kier molecular flexibility index (Phi) is 32.2. The van der Waals surface area contributed by atoms with Crippen molar-refractivity contribution < 1.29 is 75.6 Å². The number of imidazole rings is 1. The van der Waals surface area contributed by atoms with Gasteiger partial charge in [0.05, 0.1) is 19.5 Å². The minimum atomic E-state index is -2.20. The number of aliphatic carboxylic acids is 2. The predicted octanol–water partition coefficient (Wildman–Crippen LogP) is 0.877. The summed E-state index contributed by atoms with van der Waals surface area (Å²) >= 11 is 11.7. The number of aromatic amines is 1. The van der Waals surface area contributed by atoms with Crippen molar-refractivity contribution in [3.05, 3.63) is 137 Å². The number of guanidine groups is 4. The number of nitrogens with one attached hydrogen (secondary N) is 11. The number of aliphatic hydroxyl groups is 10. The second-order valence-corrected chi connectivity index (χ2v) is 19.2. The highest BCUT2D eigenvalue weighted by Gasteiger charge is 2.35. The number of rotatable bonds is 20. The third-order valence-electron chi connectivity index (χ3n) is 11.8. The van der Waals surface area contributed by atoms with Crippen LogP contribution in [0.5, 0.6) is 5.75 Å². The number of carbonyl (C=O) groups is 2. The molecule has 7 rings (SSSR count). The Morgan fingerprint density at radius 1 is 0.605 bits per heavy atom. The average molecular weight is 1240 g/mol. The van der Waals surface area contributed by atoms with E-state index < -0.39 is 74.0 Å². The summed E-state index contributed by atoms with van der Waals surface area (Å²) in [7, 11) is 0. The lowest BCUT2D eigenvalue weighted by atomic mass is 9.98. The molecule has 25 N–H and O–H groups in total. The Morgan fingerprint density at radius 3 is 1.50 bits per heavy atom. The summed E-state index contributed by atoms with van der Waals surface area (Å²) in [6.07, 6.45) is -6.64. The monoisotopic (exact) mass is 1240 g/mol. The molecule has 3 heterocycles. The van der Waals surface area contributed by atoms with Gasteiger partial charge >= 0.3 is 11.9 Å². The SMILES string of the molecule is N=C(NCCCCCCNC(=N)NC(=N)Nc1ccc(Cl)cc1)NC(=N)Nc1ccc(Cl)cc1.Nc1ncnc2[nH]cnc12.O=C(O)[C@H](O)[C@@H](O)[C@H](O)[C@H](O)CO.O=C(O)[C@H](O)[C@@H](O)[C@H](O)[C@H](O)CO.c1ccc(C2CCc3ccccc3O2)cc1. The number of nitrogen functional groups attached to an aromatic ring is 1. The summed E-state index contributed by atoms with van der Waals surface area (Å²) in [5, 5.41) is 153. The topological polar surface area (TPSA) is 534 Å². The largest absolute Gasteiger partial charge is 0.485 e. The summed E-state index contributed by atoms with van der Waals surface area (Å²) in [5.74, 6) is -1.89. The van der Waals surface area contributed by atoms with E-state index in [1.165, 1.54) is 23.8 Å². The number of anilines is 3. The van der Waals surface area contributed by atoms with Crippen LogP contribution >= 0.6 is 23.2 Å². The number of unbranched alkanes of at least 4 members (excludes halogenated alkanes) is 3. The Balaban J connectivity index is 0.000000309. The first-order valence-corrected chi connectivity index (χ1v) is 26.9. The number of hydrogen-bond acceptors (Lipinski definition) is 21. The molecule has 32 heteroatoms. The van der Waals surface area contributed by atoms with Gasteiger partial charge in [-0.3, -0.25) is 32.3 Å². The second-order valence-electron chi connectivity index (χ2n) is 18.3. The van der Waals surface area contributed by atoms with Crippen molar-refractivity contribution in [3.8, 4) is 5.75 Å². The quantitative estimate of drug-likeness (QED) is 0.0286. The first-order valence-electron chi connectivity index (χ1n) is 26.2. The molecule has 1 aliphatic rings. The number of carboxylic acids is 2. The van der Waals surface area contributed by atoms with E-state index in [0.717, 1.165) is 44.3 Å². The summed E-state index contributed by atoms with van der Waals surface area (Å²) in [6, 6.07) is 32.7. The normalized spacial score (nSPS) is 14.8. The molecule has 1 unspecified atom stereocenters. The van der Waals surface area contributed by atoms with Crippen molar-refractivity contribution in [1.29, 1.82) is 21.6 Å². The molecular weight excluding hydrogens is 1170 g/mol. The number of ether oxygens (including phenoxy) is 1. The van der Waals surface area contributed by atoms with Crippen LogP contribution in [-0.2, 0) is 16.0 Å². The Morgan fingerprint density at radius 2 is 1.06 bits per heavy atom. The van der Waals surface area contributed by atoms with Gasteiger partial charge in [-0.1, -0.05) is 84.6 Å². The third-order valence-corrected chi connectivity index (χ3v) is 12.3. The number of fused-ring (bicyclic) bond motifs is 2. The molecule has 0 fully saturated rings. The Bertz CT molecular complexity index is 2900. The minimum absolute atomic E-state index is 0.00148. The maximum Gasteiger partial charge on any atom is 0.335 e. The number of carboxylic acid groups (broad SMARTS) is 2. The zero-order chi connectivity index (χ0) is 63.7. The predicted molar refractivity (Wildman–Crippen MR) is 320 cm³/mol. The molecule has 0 saturated carbocycles. The van der Waals surface area contributed by atoms with Crippen molar-refractivity contribution in [2.75, 3.05) is 42.7 Å². The van der Waals surface area contributed by atoms with Crippen LogP contribution < -0.4 is 42.4 Å². The van der Waals surface area contributed by atoms with Crippen LogP contribution in [0.15, 0.2) is 116 Å². The lowest BCUT2D eigenvalue weighted by Gasteiger charge is -2.26. The highest BCUT2D eigenvalue weighted by Crippen LogP contribution is 2.34. The van der Waals surface area contributed by atoms with Crippen molar-refractivity contribution in [3.63, 3.8) is 0 Å². The number of para-hydroxylation sites is 1. The summed E-state index contributed by atoms with van der Waals surface area (Å²) in [6.45, 7) is -0.439. The van der Waals surface area contributed by atoms with E-state index in [2.05, 4.69) is 94.3 Å². The van der Waals surface area contributed by atoms with E-state index in [-0.39, 0.29) is 29.9 Å². The maximum atomic E-state index is 10.1. The lowest BCUT2D eigenvalue weighted by molar-refractivity contribution is -0.164. The lowest BCUT2D eigenvalue weighted by Crippen LogP contribution is -2.48. The highest BCUT2D eigenvalue weighted by molar-refractivity contribution is 6.31. The summed E-state index contributed by atoms with van der Waals surface area (Å²) in [5.41, 5.74) is 10.8. The second kappa shape index (κ2) is 38.6. The van der Waals surface area contributed by atoms with Crippen LogP contribution in [0.2, 0.25) is 10.0 Å². The van der Waals surface area contributed by atoms with Crippen LogP contribution in [0.1, 0.15) is 49.3 Å². The van der Waals surface area contributed by atoms with Gasteiger partial charge in [-0.2, -0.15) is 0 Å². The smallest absolute Gasteiger partial charge is 0.335 e. The van der Waals surface area contributed by atoms with Gasteiger partial charge in [-0.05, 0) is 91.4 Å². The molecule has 30 nitrogen and oxygen atoms in total. The van der Waals surface area contributed by atoms with Crippen LogP contribution in [0, 0.1) is 21.6 Å². The number of hydrogen-bond donors (Lipinski definition) is 24. The van der Waals surface area contributed by atoms with Crippen molar-refractivity contribution in [2.45, 2.75) is 93.5 Å². The number of aromatic nitrogens is 4. The van der Waals surface area contributed by atoms with Crippen LogP contribution in [0.4, 0.5) is 17.2 Å². The molecule has 0 radical (unpaired) electrons. The minimum Gasteiger partial charge on any atom is -0.485 e. The number of aliphatic hydroxyl groups excluding tert-OH is 10. The third kappa shape index (κ3) is 26.3. The van der Waals surface area contributed by atoms with Gasteiger partial charge in [0.2, 0.25) is 0 Å². The maximum absolute atomic E-state index is 10.1. The molecule has 0 aliphatic carbocycles. The fraction of sp³-hybridized carbons (Fsp3) is 0.352. The average Bonchev–Trinajstić information content (AvgIpc) is 3.63. The molecule has 9 atom stereocenters. The van der Waals surface area contributed by atoms with Gasteiger partial charge in [-0.15, -0.1) is 0 Å². The van der Waals surface area contributed by atoms with Gasteiger partial charge in [-0.25, -0.2) is 24.5 Å². The molecule has 468 valence electrons.